The van der Waals surface area contributed by atoms with E-state index in [2.05, 4.69) is 74.2 Å². The Morgan fingerprint density at radius 1 is 1.12 bits per heavy atom. The van der Waals surface area contributed by atoms with Crippen LogP contribution in [0.4, 0.5) is 0 Å². The molecule has 1 heteroatoms. The van der Waals surface area contributed by atoms with Crippen LogP contribution in [0.1, 0.15) is 36.6 Å². The zero-order valence-corrected chi connectivity index (χ0v) is 15.6. The minimum absolute atomic E-state index is 0.969. The summed E-state index contributed by atoms with van der Waals surface area (Å²) in [6.45, 7) is 7.99. The lowest BCUT2D eigenvalue weighted by atomic mass is 9.96. The fourth-order valence-corrected chi connectivity index (χ4v) is 3.16. The van der Waals surface area contributed by atoms with Crippen molar-refractivity contribution in [3.63, 3.8) is 0 Å². The molecule has 3 rings (SSSR count). The van der Waals surface area contributed by atoms with E-state index in [9.17, 15) is 0 Å². The molecule has 0 radical (unpaired) electrons. The summed E-state index contributed by atoms with van der Waals surface area (Å²) in [6.07, 6.45) is 16.9. The Morgan fingerprint density at radius 3 is 2.69 bits per heavy atom. The van der Waals surface area contributed by atoms with Gasteiger partial charge in [-0.15, -0.1) is 0 Å². The number of aryl methyl sites for hydroxylation is 1. The topological polar surface area (TPSA) is 12.9 Å². The Bertz CT molecular complexity index is 923. The molecule has 0 N–H and O–H groups in total. The van der Waals surface area contributed by atoms with Crippen LogP contribution >= 0.6 is 0 Å². The van der Waals surface area contributed by atoms with Crippen molar-refractivity contribution in [2.24, 2.45) is 0 Å². The summed E-state index contributed by atoms with van der Waals surface area (Å²) < 4.78 is 0. The molecule has 0 saturated carbocycles. The number of hydrogen-bond acceptors (Lipinski definition) is 1. The first kappa shape index (κ1) is 17.9. The molecular weight excluding hydrogens is 314 g/mol. The molecule has 1 nitrogen and oxygen atoms in total. The van der Waals surface area contributed by atoms with Crippen LogP contribution in [0.2, 0.25) is 0 Å². The molecule has 1 aliphatic carbocycles. The highest BCUT2D eigenvalue weighted by Crippen LogP contribution is 2.29. The lowest BCUT2D eigenvalue weighted by molar-refractivity contribution is 1.04. The van der Waals surface area contributed by atoms with Crippen molar-refractivity contribution in [2.75, 3.05) is 0 Å². The maximum atomic E-state index is 4.96. The third-order valence-electron chi connectivity index (χ3n) is 4.41. The summed E-state index contributed by atoms with van der Waals surface area (Å²) in [5.74, 6) is 0. The Labute approximate surface area is 156 Å². The molecule has 130 valence electrons. The third-order valence-corrected chi connectivity index (χ3v) is 4.41. The predicted octanol–water partition coefficient (Wildman–Crippen LogP) is 6.94. The molecule has 0 unspecified atom stereocenters. The van der Waals surface area contributed by atoms with Crippen molar-refractivity contribution >= 4 is 11.1 Å². The lowest BCUT2D eigenvalue weighted by Crippen LogP contribution is -1.96. The number of aromatic nitrogens is 1. The predicted molar refractivity (Wildman–Crippen MR) is 114 cm³/mol. The average molecular weight is 339 g/mol. The highest BCUT2D eigenvalue weighted by atomic mass is 14.7. The van der Waals surface area contributed by atoms with E-state index in [4.69, 9.17) is 4.98 Å². The number of benzene rings is 1. The van der Waals surface area contributed by atoms with Gasteiger partial charge in [-0.2, -0.15) is 0 Å². The molecule has 1 heterocycles. The molecule has 1 aromatic heterocycles. The van der Waals surface area contributed by atoms with E-state index in [1.165, 1.54) is 16.7 Å². The molecule has 0 bridgehead atoms. The smallest absolute Gasteiger partial charge is 0.0715 e. The van der Waals surface area contributed by atoms with Gasteiger partial charge in [-0.3, -0.25) is 0 Å². The van der Waals surface area contributed by atoms with Crippen LogP contribution in [0, 0.1) is 6.92 Å². The zero-order valence-electron chi connectivity index (χ0n) is 15.6. The first-order valence-corrected chi connectivity index (χ1v) is 9.13. The van der Waals surface area contributed by atoms with Crippen molar-refractivity contribution in [3.8, 4) is 11.3 Å². The first-order valence-electron chi connectivity index (χ1n) is 9.13. The van der Waals surface area contributed by atoms with Gasteiger partial charge in [0.25, 0.3) is 0 Å². The summed E-state index contributed by atoms with van der Waals surface area (Å²) in [7, 11) is 0. The normalized spacial score (nSPS) is 14.5. The molecule has 1 aromatic carbocycles. The van der Waals surface area contributed by atoms with Crippen molar-refractivity contribution in [3.05, 3.63) is 102 Å². The van der Waals surface area contributed by atoms with Gasteiger partial charge in [0.05, 0.1) is 11.4 Å². The van der Waals surface area contributed by atoms with Gasteiger partial charge in [0, 0.05) is 5.56 Å². The Hall–Kier alpha value is -2.93. The van der Waals surface area contributed by atoms with Gasteiger partial charge in [0.1, 0.15) is 0 Å². The van der Waals surface area contributed by atoms with Crippen LogP contribution in [0.25, 0.3) is 22.4 Å². The third kappa shape index (κ3) is 4.18. The van der Waals surface area contributed by atoms with E-state index in [0.29, 0.717) is 0 Å². The fourth-order valence-electron chi connectivity index (χ4n) is 3.16. The summed E-state index contributed by atoms with van der Waals surface area (Å²) >= 11 is 0. The zero-order chi connectivity index (χ0) is 18.4. The van der Waals surface area contributed by atoms with Gasteiger partial charge in [-0.25, -0.2) is 4.98 Å². The molecule has 0 spiro atoms. The molecule has 1 aliphatic rings. The summed E-state index contributed by atoms with van der Waals surface area (Å²) in [5.41, 5.74) is 7.90. The second kappa shape index (κ2) is 8.44. The van der Waals surface area contributed by atoms with E-state index in [0.717, 1.165) is 35.4 Å². The summed E-state index contributed by atoms with van der Waals surface area (Å²) in [4.78, 5) is 4.96. The minimum Gasteiger partial charge on any atom is -0.248 e. The Balaban J connectivity index is 2.19. The summed E-state index contributed by atoms with van der Waals surface area (Å²) in [5, 5.41) is 0. The molecule has 26 heavy (non-hydrogen) atoms. The van der Waals surface area contributed by atoms with Crippen LogP contribution in [0.5, 0.6) is 0 Å². The van der Waals surface area contributed by atoms with Crippen molar-refractivity contribution in [1.29, 1.82) is 0 Å². The SMILES string of the molecule is C=C/C=C(\C=C/C)c1cc(C2=CCCC=C2)cc(-c2cccc(C)c2)n1. The number of pyridine rings is 1. The number of nitrogens with zero attached hydrogens (tertiary/aromatic N) is 1. The molecule has 0 amide bonds. The molecule has 2 aromatic rings. The fraction of sp³-hybridized carbons (Fsp3) is 0.160. The van der Waals surface area contributed by atoms with E-state index < -0.39 is 0 Å². The number of hydrogen-bond donors (Lipinski definition) is 0. The van der Waals surface area contributed by atoms with Gasteiger partial charge in [0.15, 0.2) is 0 Å². The van der Waals surface area contributed by atoms with Crippen LogP contribution < -0.4 is 0 Å². The molecule has 0 aliphatic heterocycles. The quantitative estimate of drug-likeness (QED) is 0.538. The summed E-state index contributed by atoms with van der Waals surface area (Å²) in [6, 6.07) is 12.9. The van der Waals surface area contributed by atoms with Crippen molar-refractivity contribution in [1.82, 2.24) is 4.98 Å². The largest absolute Gasteiger partial charge is 0.248 e. The average Bonchev–Trinajstić information content (AvgIpc) is 2.68. The first-order chi connectivity index (χ1) is 12.7. The van der Waals surface area contributed by atoms with E-state index in [1.54, 1.807) is 0 Å². The maximum absolute atomic E-state index is 4.96. The van der Waals surface area contributed by atoms with Gasteiger partial charge >= 0.3 is 0 Å². The van der Waals surface area contributed by atoms with Gasteiger partial charge < -0.3 is 0 Å². The number of rotatable bonds is 5. The Kier molecular flexibility index (Phi) is 5.80. The molecule has 0 atom stereocenters. The standard InChI is InChI=1S/C25H25N/c1-4-10-21(11-5-2)24-17-23(20-13-7-6-8-14-20)18-25(26-24)22-15-9-12-19(3)16-22/h4-5,7,9-18H,1,6,8H2,2-3H3/b11-5-,21-10+. The van der Waals surface area contributed by atoms with Crippen LogP contribution in [-0.2, 0) is 0 Å². The van der Waals surface area contributed by atoms with Crippen LogP contribution in [-0.4, -0.2) is 4.98 Å². The highest BCUT2D eigenvalue weighted by Gasteiger charge is 2.10. The van der Waals surface area contributed by atoms with E-state index in [1.807, 2.05) is 25.2 Å². The second-order valence-corrected chi connectivity index (χ2v) is 6.49. The number of allylic oxidation sites excluding steroid dienone is 9. The maximum Gasteiger partial charge on any atom is 0.0715 e. The lowest BCUT2D eigenvalue weighted by Gasteiger charge is -2.13. The highest BCUT2D eigenvalue weighted by molar-refractivity contribution is 5.82. The van der Waals surface area contributed by atoms with E-state index in [-0.39, 0.29) is 0 Å². The molecule has 0 fully saturated rings. The van der Waals surface area contributed by atoms with Gasteiger partial charge in [-0.05, 0) is 61.6 Å². The molecule has 0 saturated heterocycles. The Morgan fingerprint density at radius 2 is 2.00 bits per heavy atom. The molecular formula is C25H25N. The monoisotopic (exact) mass is 339 g/mol. The van der Waals surface area contributed by atoms with Gasteiger partial charge in [-0.1, -0.05) is 72.9 Å². The van der Waals surface area contributed by atoms with Crippen molar-refractivity contribution < 1.29 is 0 Å². The second-order valence-electron chi connectivity index (χ2n) is 6.49. The van der Waals surface area contributed by atoms with Crippen LogP contribution in [0.15, 0.2) is 85.5 Å². The van der Waals surface area contributed by atoms with Crippen LogP contribution in [0.3, 0.4) is 0 Å². The van der Waals surface area contributed by atoms with Crippen molar-refractivity contribution in [2.45, 2.75) is 26.7 Å². The van der Waals surface area contributed by atoms with E-state index >= 15 is 0 Å². The minimum atomic E-state index is 0.969. The van der Waals surface area contributed by atoms with Gasteiger partial charge in [0.2, 0.25) is 0 Å².